The fraction of sp³-hybridized carbons (Fsp3) is 0.714. The molecule has 0 radical (unpaired) electrons. The Morgan fingerprint density at radius 2 is 2.00 bits per heavy atom. The van der Waals surface area contributed by atoms with E-state index in [1.165, 1.54) is 6.42 Å². The molecular weight excluding hydrogens is 262 g/mol. The van der Waals surface area contributed by atoms with Gasteiger partial charge in [-0.3, -0.25) is 0 Å². The molecule has 1 heterocycles. The van der Waals surface area contributed by atoms with E-state index >= 15 is 0 Å². The number of halogens is 1. The number of aromatic nitrogens is 2. The lowest BCUT2D eigenvalue weighted by molar-refractivity contribution is 0.0968. The highest BCUT2D eigenvalue weighted by molar-refractivity contribution is 6.31. The van der Waals surface area contributed by atoms with E-state index in [0.717, 1.165) is 19.4 Å². The Bertz CT molecular complexity index is 417. The second kappa shape index (κ2) is 6.42. The Balaban J connectivity index is 2.07. The first kappa shape index (κ1) is 14.4. The monoisotopic (exact) mass is 283 g/mol. The summed E-state index contributed by atoms with van der Waals surface area (Å²) >= 11 is 6.11. The highest BCUT2D eigenvalue weighted by Crippen LogP contribution is 2.32. The van der Waals surface area contributed by atoms with Gasteiger partial charge in [0.15, 0.2) is 0 Å². The SMILES string of the molecule is CCNc1ncc(Cl)c(OC2CC(C)CC(C)C2)n1. The first-order valence-corrected chi connectivity index (χ1v) is 7.39. The van der Waals surface area contributed by atoms with E-state index in [1.54, 1.807) is 6.20 Å². The van der Waals surface area contributed by atoms with Crippen molar-refractivity contribution < 1.29 is 4.74 Å². The van der Waals surface area contributed by atoms with Gasteiger partial charge in [0.05, 0.1) is 6.20 Å². The first-order valence-electron chi connectivity index (χ1n) is 7.01. The molecule has 0 bridgehead atoms. The molecule has 0 aromatic carbocycles. The van der Waals surface area contributed by atoms with Crippen molar-refractivity contribution in [2.24, 2.45) is 11.8 Å². The molecule has 2 rings (SSSR count). The number of nitrogens with one attached hydrogen (secondary N) is 1. The minimum atomic E-state index is 0.209. The highest BCUT2D eigenvalue weighted by atomic mass is 35.5. The smallest absolute Gasteiger partial charge is 0.237 e. The molecule has 1 aromatic rings. The molecule has 0 spiro atoms. The van der Waals surface area contributed by atoms with Crippen LogP contribution in [0.3, 0.4) is 0 Å². The average molecular weight is 284 g/mol. The van der Waals surface area contributed by atoms with Gasteiger partial charge in [-0.05, 0) is 38.0 Å². The molecule has 106 valence electrons. The first-order chi connectivity index (χ1) is 9.08. The maximum absolute atomic E-state index is 6.11. The van der Waals surface area contributed by atoms with E-state index in [-0.39, 0.29) is 6.10 Å². The van der Waals surface area contributed by atoms with Gasteiger partial charge in [0.25, 0.3) is 0 Å². The van der Waals surface area contributed by atoms with Gasteiger partial charge in [-0.1, -0.05) is 25.4 Å². The summed E-state index contributed by atoms with van der Waals surface area (Å²) in [6.45, 7) is 7.33. The molecular formula is C14H22ClN3O. The summed E-state index contributed by atoms with van der Waals surface area (Å²) in [7, 11) is 0. The zero-order chi connectivity index (χ0) is 13.8. The number of hydrogen-bond donors (Lipinski definition) is 1. The predicted molar refractivity (Wildman–Crippen MR) is 77.8 cm³/mol. The van der Waals surface area contributed by atoms with Crippen molar-refractivity contribution in [3.8, 4) is 5.88 Å². The minimum Gasteiger partial charge on any atom is -0.473 e. The molecule has 1 fully saturated rings. The molecule has 0 saturated heterocycles. The highest BCUT2D eigenvalue weighted by Gasteiger charge is 2.26. The van der Waals surface area contributed by atoms with E-state index in [2.05, 4.69) is 29.1 Å². The van der Waals surface area contributed by atoms with Crippen LogP contribution in [-0.4, -0.2) is 22.6 Å². The summed E-state index contributed by atoms with van der Waals surface area (Å²) in [5.74, 6) is 2.46. The molecule has 0 aliphatic heterocycles. The lowest BCUT2D eigenvalue weighted by Gasteiger charge is -2.31. The van der Waals surface area contributed by atoms with Gasteiger partial charge in [0.1, 0.15) is 11.1 Å². The van der Waals surface area contributed by atoms with Gasteiger partial charge in [-0.15, -0.1) is 0 Å². The number of ether oxygens (including phenoxy) is 1. The molecule has 4 nitrogen and oxygen atoms in total. The number of rotatable bonds is 4. The van der Waals surface area contributed by atoms with Crippen LogP contribution < -0.4 is 10.1 Å². The van der Waals surface area contributed by atoms with Crippen LogP contribution in [0, 0.1) is 11.8 Å². The lowest BCUT2D eigenvalue weighted by Crippen LogP contribution is -2.29. The van der Waals surface area contributed by atoms with Crippen molar-refractivity contribution in [1.82, 2.24) is 9.97 Å². The van der Waals surface area contributed by atoms with Crippen LogP contribution in [-0.2, 0) is 0 Å². The minimum absolute atomic E-state index is 0.209. The lowest BCUT2D eigenvalue weighted by atomic mass is 9.82. The van der Waals surface area contributed by atoms with E-state index in [1.807, 2.05) is 6.92 Å². The third-order valence-corrected chi connectivity index (χ3v) is 3.72. The molecule has 1 saturated carbocycles. The molecule has 1 N–H and O–H groups in total. The van der Waals surface area contributed by atoms with E-state index < -0.39 is 0 Å². The Morgan fingerprint density at radius 3 is 2.63 bits per heavy atom. The average Bonchev–Trinajstić information content (AvgIpc) is 2.32. The fourth-order valence-corrected chi connectivity index (χ4v) is 2.94. The summed E-state index contributed by atoms with van der Waals surface area (Å²) in [6.07, 6.45) is 5.22. The Hall–Kier alpha value is -1.03. The van der Waals surface area contributed by atoms with Gasteiger partial charge in [-0.25, -0.2) is 4.98 Å². The fourth-order valence-electron chi connectivity index (χ4n) is 2.80. The normalized spacial score (nSPS) is 27.1. The summed E-state index contributed by atoms with van der Waals surface area (Å²) in [6, 6.07) is 0. The predicted octanol–water partition coefficient (Wildman–Crippen LogP) is 3.77. The van der Waals surface area contributed by atoms with Crippen LogP contribution >= 0.6 is 11.6 Å². The number of anilines is 1. The van der Waals surface area contributed by atoms with Crippen LogP contribution in [0.2, 0.25) is 5.02 Å². The van der Waals surface area contributed by atoms with Gasteiger partial charge in [0, 0.05) is 6.54 Å². The zero-order valence-electron chi connectivity index (χ0n) is 11.8. The summed E-state index contributed by atoms with van der Waals surface area (Å²) < 4.78 is 5.99. The maximum Gasteiger partial charge on any atom is 0.237 e. The summed E-state index contributed by atoms with van der Waals surface area (Å²) in [5.41, 5.74) is 0. The number of hydrogen-bond acceptors (Lipinski definition) is 4. The molecule has 2 unspecified atom stereocenters. The van der Waals surface area contributed by atoms with Gasteiger partial charge >= 0.3 is 0 Å². The molecule has 19 heavy (non-hydrogen) atoms. The van der Waals surface area contributed by atoms with E-state index in [4.69, 9.17) is 16.3 Å². The zero-order valence-corrected chi connectivity index (χ0v) is 12.6. The molecule has 1 aromatic heterocycles. The van der Waals surface area contributed by atoms with Gasteiger partial charge < -0.3 is 10.1 Å². The van der Waals surface area contributed by atoms with Crippen molar-refractivity contribution in [2.75, 3.05) is 11.9 Å². The topological polar surface area (TPSA) is 47.0 Å². The molecule has 2 atom stereocenters. The largest absolute Gasteiger partial charge is 0.473 e. The molecule has 1 aliphatic rings. The third kappa shape index (κ3) is 3.96. The molecule has 0 amide bonds. The van der Waals surface area contributed by atoms with Crippen LogP contribution in [0.25, 0.3) is 0 Å². The quantitative estimate of drug-likeness (QED) is 0.914. The van der Waals surface area contributed by atoms with Crippen molar-refractivity contribution >= 4 is 17.5 Å². The summed E-state index contributed by atoms with van der Waals surface area (Å²) in [4.78, 5) is 8.45. The van der Waals surface area contributed by atoms with Crippen LogP contribution in [0.5, 0.6) is 5.88 Å². The van der Waals surface area contributed by atoms with Crippen molar-refractivity contribution in [2.45, 2.75) is 46.1 Å². The van der Waals surface area contributed by atoms with Crippen molar-refractivity contribution in [1.29, 1.82) is 0 Å². The summed E-state index contributed by atoms with van der Waals surface area (Å²) in [5, 5.41) is 3.55. The van der Waals surface area contributed by atoms with Crippen molar-refractivity contribution in [3.63, 3.8) is 0 Å². The van der Waals surface area contributed by atoms with Gasteiger partial charge in [-0.2, -0.15) is 4.98 Å². The second-order valence-electron chi connectivity index (χ2n) is 5.53. The number of nitrogens with zero attached hydrogens (tertiary/aromatic N) is 2. The molecule has 1 aliphatic carbocycles. The standard InChI is InChI=1S/C14H22ClN3O/c1-4-16-14-17-8-12(15)13(18-14)19-11-6-9(2)5-10(3)7-11/h8-11H,4-7H2,1-3H3,(H,16,17,18). The van der Waals surface area contributed by atoms with Gasteiger partial charge in [0.2, 0.25) is 11.8 Å². The van der Waals surface area contributed by atoms with E-state index in [9.17, 15) is 0 Å². The molecule has 5 heteroatoms. The second-order valence-corrected chi connectivity index (χ2v) is 5.94. The maximum atomic E-state index is 6.11. The van der Waals surface area contributed by atoms with E-state index in [0.29, 0.717) is 28.7 Å². The Morgan fingerprint density at radius 1 is 1.32 bits per heavy atom. The van der Waals surface area contributed by atoms with Crippen LogP contribution in [0.15, 0.2) is 6.20 Å². The van der Waals surface area contributed by atoms with Crippen LogP contribution in [0.4, 0.5) is 5.95 Å². The Kier molecular flexibility index (Phi) is 4.86. The Labute approximate surface area is 119 Å². The van der Waals surface area contributed by atoms with Crippen LogP contribution in [0.1, 0.15) is 40.0 Å². The van der Waals surface area contributed by atoms with Crippen molar-refractivity contribution in [3.05, 3.63) is 11.2 Å². The third-order valence-electron chi connectivity index (χ3n) is 3.46.